The zero-order chi connectivity index (χ0) is 17.4. The van der Waals surface area contributed by atoms with Crippen molar-refractivity contribution in [2.45, 2.75) is 13.8 Å². The molecular formula is C18H18O4Se2. The van der Waals surface area contributed by atoms with Gasteiger partial charge >= 0.3 is 153 Å². The molecule has 0 fully saturated rings. The van der Waals surface area contributed by atoms with E-state index in [4.69, 9.17) is 9.47 Å². The Morgan fingerprint density at radius 2 is 1.04 bits per heavy atom. The van der Waals surface area contributed by atoms with Crippen molar-refractivity contribution in [2.75, 3.05) is 13.2 Å². The van der Waals surface area contributed by atoms with Crippen molar-refractivity contribution in [2.24, 2.45) is 0 Å². The van der Waals surface area contributed by atoms with E-state index in [9.17, 15) is 9.59 Å². The van der Waals surface area contributed by atoms with Gasteiger partial charge in [0.05, 0.1) is 0 Å². The normalized spacial score (nSPS) is 10.2. The van der Waals surface area contributed by atoms with Crippen molar-refractivity contribution in [3.8, 4) is 0 Å². The zero-order valence-corrected chi connectivity index (χ0v) is 16.9. The van der Waals surface area contributed by atoms with Gasteiger partial charge in [0.25, 0.3) is 0 Å². The zero-order valence-electron chi connectivity index (χ0n) is 13.5. The van der Waals surface area contributed by atoms with Gasteiger partial charge in [-0.1, -0.05) is 0 Å². The van der Waals surface area contributed by atoms with E-state index in [1.165, 1.54) is 8.92 Å². The maximum absolute atomic E-state index is 11.6. The van der Waals surface area contributed by atoms with Crippen LogP contribution in [0.5, 0.6) is 0 Å². The van der Waals surface area contributed by atoms with Gasteiger partial charge in [-0.05, 0) is 0 Å². The van der Waals surface area contributed by atoms with E-state index in [2.05, 4.69) is 0 Å². The molecule has 0 unspecified atom stereocenters. The van der Waals surface area contributed by atoms with Gasteiger partial charge in [0.2, 0.25) is 0 Å². The molecule has 0 heterocycles. The fourth-order valence-corrected chi connectivity index (χ4v) is 7.78. The monoisotopic (exact) mass is 458 g/mol. The van der Waals surface area contributed by atoms with Crippen molar-refractivity contribution < 1.29 is 19.1 Å². The van der Waals surface area contributed by atoms with E-state index in [0.29, 0.717) is 50.6 Å². The molecule has 0 saturated carbocycles. The summed E-state index contributed by atoms with van der Waals surface area (Å²) in [6.45, 7) is 4.36. The Morgan fingerprint density at radius 3 is 1.33 bits per heavy atom. The first-order valence-electron chi connectivity index (χ1n) is 7.53. The Bertz CT molecular complexity index is 620. The van der Waals surface area contributed by atoms with Gasteiger partial charge in [-0.3, -0.25) is 0 Å². The summed E-state index contributed by atoms with van der Waals surface area (Å²) in [7, 11) is 0. The van der Waals surface area contributed by atoms with Crippen LogP contribution in [0.1, 0.15) is 34.6 Å². The number of esters is 2. The Hall–Kier alpha value is -1.58. The molecule has 0 aliphatic heterocycles. The molecule has 6 heteroatoms. The maximum atomic E-state index is 11.6. The molecular weight excluding hydrogens is 438 g/mol. The third-order valence-corrected chi connectivity index (χ3v) is 10.2. The fraction of sp³-hybridized carbons (Fsp3) is 0.222. The van der Waals surface area contributed by atoms with Crippen LogP contribution in [0.3, 0.4) is 0 Å². The summed E-state index contributed by atoms with van der Waals surface area (Å²) in [6.07, 6.45) is 0. The van der Waals surface area contributed by atoms with Crippen LogP contribution in [0.15, 0.2) is 48.5 Å². The molecule has 0 aliphatic rings. The molecule has 126 valence electrons. The topological polar surface area (TPSA) is 52.6 Å². The number of carbonyl (C=O) groups is 2. The summed E-state index contributed by atoms with van der Waals surface area (Å²) in [6, 6.07) is 15.2. The molecule has 0 bridgehead atoms. The summed E-state index contributed by atoms with van der Waals surface area (Å²) in [5.74, 6) is -0.562. The predicted octanol–water partition coefficient (Wildman–Crippen LogP) is 1.31. The summed E-state index contributed by atoms with van der Waals surface area (Å²) < 4.78 is 12.4. The van der Waals surface area contributed by atoms with Crippen molar-refractivity contribution in [3.63, 3.8) is 0 Å². The second kappa shape index (κ2) is 9.65. The van der Waals surface area contributed by atoms with Crippen molar-refractivity contribution in [1.29, 1.82) is 0 Å². The quantitative estimate of drug-likeness (QED) is 0.466. The molecule has 0 amide bonds. The first kappa shape index (κ1) is 18.8. The summed E-state index contributed by atoms with van der Waals surface area (Å²) in [5.41, 5.74) is 1.17. The number of hydrogen-bond donors (Lipinski definition) is 0. The molecule has 0 N–H and O–H groups in total. The van der Waals surface area contributed by atoms with Gasteiger partial charge in [0, 0.05) is 0 Å². The molecule has 0 aromatic heterocycles. The van der Waals surface area contributed by atoms with Gasteiger partial charge in [-0.2, -0.15) is 0 Å². The predicted molar refractivity (Wildman–Crippen MR) is 95.6 cm³/mol. The van der Waals surface area contributed by atoms with Crippen LogP contribution in [0, 0.1) is 0 Å². The molecule has 2 aromatic rings. The third kappa shape index (κ3) is 5.50. The molecule has 2 aromatic carbocycles. The van der Waals surface area contributed by atoms with Crippen LogP contribution in [0.2, 0.25) is 0 Å². The second-order valence-corrected chi connectivity index (χ2v) is 11.0. The Kier molecular flexibility index (Phi) is 7.54. The average molecular weight is 456 g/mol. The van der Waals surface area contributed by atoms with Crippen LogP contribution in [0.25, 0.3) is 0 Å². The first-order chi connectivity index (χ1) is 11.6. The van der Waals surface area contributed by atoms with E-state index < -0.39 is 0 Å². The van der Waals surface area contributed by atoms with Gasteiger partial charge in [-0.15, -0.1) is 0 Å². The average Bonchev–Trinajstić information content (AvgIpc) is 2.61. The molecule has 24 heavy (non-hydrogen) atoms. The third-order valence-electron chi connectivity index (χ3n) is 2.97. The molecule has 0 aliphatic carbocycles. The first-order valence-corrected chi connectivity index (χ1v) is 13.6. The summed E-state index contributed by atoms with van der Waals surface area (Å²) in [5, 5.41) is 0. The number of carbonyl (C=O) groups excluding carboxylic acids is 2. The number of rotatable bonds is 7. The SMILES string of the molecule is CCOC(=O)c1ccc([Se][Se]c2ccc(C(=O)OCC)cc2)cc1. The van der Waals surface area contributed by atoms with Gasteiger partial charge in [0.15, 0.2) is 0 Å². The van der Waals surface area contributed by atoms with Gasteiger partial charge in [-0.25, -0.2) is 0 Å². The second-order valence-electron chi connectivity index (χ2n) is 4.66. The van der Waals surface area contributed by atoms with Crippen molar-refractivity contribution >= 4 is 47.1 Å². The van der Waals surface area contributed by atoms with E-state index >= 15 is 0 Å². The minimum absolute atomic E-state index is 0.281. The molecule has 0 atom stereocenters. The van der Waals surface area contributed by atoms with E-state index in [0.717, 1.165) is 0 Å². The fourth-order valence-electron chi connectivity index (χ4n) is 1.82. The molecule has 4 nitrogen and oxygen atoms in total. The molecule has 0 saturated heterocycles. The van der Waals surface area contributed by atoms with Crippen molar-refractivity contribution in [3.05, 3.63) is 59.7 Å². The van der Waals surface area contributed by atoms with E-state index in [-0.39, 0.29) is 11.9 Å². The van der Waals surface area contributed by atoms with Crippen LogP contribution in [-0.4, -0.2) is 51.4 Å². The van der Waals surface area contributed by atoms with Crippen LogP contribution >= 0.6 is 0 Å². The molecule has 0 radical (unpaired) electrons. The Balaban J connectivity index is 1.91. The van der Waals surface area contributed by atoms with Crippen LogP contribution in [-0.2, 0) is 9.47 Å². The van der Waals surface area contributed by atoms with Crippen LogP contribution < -0.4 is 8.92 Å². The number of benzene rings is 2. The minimum atomic E-state index is -0.281. The van der Waals surface area contributed by atoms with Gasteiger partial charge < -0.3 is 0 Å². The Morgan fingerprint density at radius 1 is 0.708 bits per heavy atom. The van der Waals surface area contributed by atoms with Gasteiger partial charge in [0.1, 0.15) is 0 Å². The summed E-state index contributed by atoms with van der Waals surface area (Å²) >= 11 is 0.650. The number of ether oxygens (including phenoxy) is 2. The van der Waals surface area contributed by atoms with E-state index in [1.54, 1.807) is 13.8 Å². The standard InChI is InChI=1S/C18H18O4Se2/c1-3-21-17(19)13-5-9-15(10-6-13)23-24-16-11-7-14(8-12-16)18(20)22-4-2/h5-12H,3-4H2,1-2H3. The summed E-state index contributed by atoms with van der Waals surface area (Å²) in [4.78, 5) is 23.2. The van der Waals surface area contributed by atoms with E-state index in [1.807, 2.05) is 48.5 Å². The van der Waals surface area contributed by atoms with Crippen molar-refractivity contribution in [1.82, 2.24) is 0 Å². The number of hydrogen-bond acceptors (Lipinski definition) is 4. The molecule has 0 spiro atoms. The molecule has 2 rings (SSSR count). The van der Waals surface area contributed by atoms with Crippen LogP contribution in [0.4, 0.5) is 0 Å². The Labute approximate surface area is 152 Å².